The van der Waals surface area contributed by atoms with Gasteiger partial charge in [-0.1, -0.05) is 17.7 Å². The maximum absolute atomic E-state index is 12.1. The third-order valence-corrected chi connectivity index (χ3v) is 4.59. The summed E-state index contributed by atoms with van der Waals surface area (Å²) in [4.78, 5) is 14.0. The van der Waals surface area contributed by atoms with Gasteiger partial charge in [0, 0.05) is 25.0 Å². The SMILES string of the molecule is CN(CCCOc1cccc(Cl)c1)C(=O)CCC1CCNCC1.Cl. The Kier molecular flexibility index (Phi) is 10.2. The number of benzene rings is 1. The van der Waals surface area contributed by atoms with Gasteiger partial charge in [0.25, 0.3) is 0 Å². The molecular formula is C18H28Cl2N2O2. The number of carbonyl (C=O) groups excluding carboxylic acids is 1. The maximum Gasteiger partial charge on any atom is 0.222 e. The third-order valence-electron chi connectivity index (χ3n) is 4.35. The van der Waals surface area contributed by atoms with Gasteiger partial charge in [-0.05, 0) is 62.9 Å². The van der Waals surface area contributed by atoms with Gasteiger partial charge in [-0.3, -0.25) is 4.79 Å². The molecule has 6 heteroatoms. The van der Waals surface area contributed by atoms with Crippen LogP contribution < -0.4 is 10.1 Å². The molecule has 1 aliphatic heterocycles. The maximum atomic E-state index is 12.1. The highest BCUT2D eigenvalue weighted by Crippen LogP contribution is 2.19. The second kappa shape index (κ2) is 11.6. The van der Waals surface area contributed by atoms with E-state index in [0.29, 0.717) is 24.0 Å². The number of piperidine rings is 1. The van der Waals surface area contributed by atoms with E-state index < -0.39 is 0 Å². The number of halogens is 2. The summed E-state index contributed by atoms with van der Waals surface area (Å²) in [6.07, 6.45) is 4.90. The van der Waals surface area contributed by atoms with Crippen molar-refractivity contribution < 1.29 is 9.53 Å². The molecule has 1 amide bonds. The van der Waals surface area contributed by atoms with Gasteiger partial charge >= 0.3 is 0 Å². The van der Waals surface area contributed by atoms with E-state index >= 15 is 0 Å². The first-order valence-electron chi connectivity index (χ1n) is 8.48. The van der Waals surface area contributed by atoms with Crippen LogP contribution in [0.3, 0.4) is 0 Å². The normalized spacial score (nSPS) is 14.8. The molecule has 1 heterocycles. The van der Waals surface area contributed by atoms with Gasteiger partial charge < -0.3 is 15.0 Å². The van der Waals surface area contributed by atoms with Gasteiger partial charge in [0.05, 0.1) is 6.61 Å². The molecule has 1 N–H and O–H groups in total. The van der Waals surface area contributed by atoms with E-state index in [1.54, 1.807) is 6.07 Å². The van der Waals surface area contributed by atoms with Crippen molar-refractivity contribution in [3.8, 4) is 5.75 Å². The number of hydrogen-bond donors (Lipinski definition) is 1. The lowest BCUT2D eigenvalue weighted by atomic mass is 9.93. The first-order valence-corrected chi connectivity index (χ1v) is 8.86. The van der Waals surface area contributed by atoms with Crippen LogP contribution in [0.1, 0.15) is 32.1 Å². The number of nitrogens with one attached hydrogen (secondary N) is 1. The zero-order valence-corrected chi connectivity index (χ0v) is 15.9. The molecule has 1 aromatic rings. The standard InChI is InChI=1S/C18H27ClN2O2.ClH/c1-21(18(22)7-6-15-8-10-20-11-9-15)12-3-13-23-17-5-2-4-16(19)14-17;/h2,4-5,14-15,20H,3,6-13H2,1H3;1H. The second-order valence-electron chi connectivity index (χ2n) is 6.21. The molecule has 0 unspecified atom stereocenters. The Bertz CT molecular complexity index is 494. The van der Waals surface area contributed by atoms with E-state index in [4.69, 9.17) is 16.3 Å². The van der Waals surface area contributed by atoms with Crippen LogP contribution in [0.4, 0.5) is 0 Å². The van der Waals surface area contributed by atoms with Crippen LogP contribution in [0.25, 0.3) is 0 Å². The molecule has 1 saturated heterocycles. The van der Waals surface area contributed by atoms with Crippen molar-refractivity contribution in [1.82, 2.24) is 10.2 Å². The summed E-state index contributed by atoms with van der Waals surface area (Å²) >= 11 is 5.91. The fourth-order valence-corrected chi connectivity index (χ4v) is 3.04. The first kappa shape index (κ1) is 21.1. The zero-order valence-electron chi connectivity index (χ0n) is 14.3. The lowest BCUT2D eigenvalue weighted by molar-refractivity contribution is -0.130. The Morgan fingerprint density at radius 3 is 2.83 bits per heavy atom. The predicted octanol–water partition coefficient (Wildman–Crippen LogP) is 3.77. The van der Waals surface area contributed by atoms with Crippen LogP contribution in [0.2, 0.25) is 5.02 Å². The lowest BCUT2D eigenvalue weighted by Gasteiger charge is -2.23. The molecule has 0 atom stereocenters. The average Bonchev–Trinajstić information content (AvgIpc) is 2.57. The minimum Gasteiger partial charge on any atom is -0.493 e. The van der Waals surface area contributed by atoms with Crippen LogP contribution in [0.5, 0.6) is 5.75 Å². The van der Waals surface area contributed by atoms with Crippen LogP contribution >= 0.6 is 24.0 Å². The van der Waals surface area contributed by atoms with Gasteiger partial charge in [-0.25, -0.2) is 0 Å². The van der Waals surface area contributed by atoms with E-state index in [1.165, 1.54) is 12.8 Å². The van der Waals surface area contributed by atoms with Crippen LogP contribution in [-0.2, 0) is 4.79 Å². The molecule has 0 spiro atoms. The third kappa shape index (κ3) is 7.73. The van der Waals surface area contributed by atoms with Gasteiger partial charge in [0.1, 0.15) is 5.75 Å². The van der Waals surface area contributed by atoms with Gasteiger partial charge in [0.15, 0.2) is 0 Å². The molecule has 4 nitrogen and oxygen atoms in total. The molecule has 0 aromatic heterocycles. The molecule has 24 heavy (non-hydrogen) atoms. The summed E-state index contributed by atoms with van der Waals surface area (Å²) < 4.78 is 5.64. The summed E-state index contributed by atoms with van der Waals surface area (Å²) in [5.74, 6) is 1.73. The van der Waals surface area contributed by atoms with Crippen molar-refractivity contribution in [2.45, 2.75) is 32.1 Å². The number of ether oxygens (including phenoxy) is 1. The number of nitrogens with zero attached hydrogens (tertiary/aromatic N) is 1. The molecule has 0 aliphatic carbocycles. The molecule has 1 aromatic carbocycles. The van der Waals surface area contributed by atoms with Crippen LogP contribution in [0.15, 0.2) is 24.3 Å². The van der Waals surface area contributed by atoms with Crippen LogP contribution in [-0.4, -0.2) is 44.1 Å². The molecule has 136 valence electrons. The summed E-state index contributed by atoms with van der Waals surface area (Å²) in [5.41, 5.74) is 0. The fourth-order valence-electron chi connectivity index (χ4n) is 2.86. The Morgan fingerprint density at radius 1 is 1.38 bits per heavy atom. The summed E-state index contributed by atoms with van der Waals surface area (Å²) in [5, 5.41) is 4.03. The van der Waals surface area contributed by atoms with Gasteiger partial charge in [-0.2, -0.15) is 0 Å². The fraction of sp³-hybridized carbons (Fsp3) is 0.611. The molecule has 2 rings (SSSR count). The van der Waals surface area contributed by atoms with Crippen molar-refractivity contribution in [2.24, 2.45) is 5.92 Å². The monoisotopic (exact) mass is 374 g/mol. The van der Waals surface area contributed by atoms with E-state index in [9.17, 15) is 4.79 Å². The van der Waals surface area contributed by atoms with Gasteiger partial charge in [0.2, 0.25) is 5.91 Å². The van der Waals surface area contributed by atoms with Crippen molar-refractivity contribution in [1.29, 1.82) is 0 Å². The highest BCUT2D eigenvalue weighted by Gasteiger charge is 2.16. The molecule has 1 aliphatic rings. The number of hydrogen-bond acceptors (Lipinski definition) is 3. The summed E-state index contributed by atoms with van der Waals surface area (Å²) in [6, 6.07) is 7.38. The van der Waals surface area contributed by atoms with Crippen LogP contribution in [0, 0.1) is 5.92 Å². The number of rotatable bonds is 8. The topological polar surface area (TPSA) is 41.6 Å². The van der Waals surface area contributed by atoms with Crippen molar-refractivity contribution in [3.63, 3.8) is 0 Å². The zero-order chi connectivity index (χ0) is 16.5. The van der Waals surface area contributed by atoms with Gasteiger partial charge in [-0.15, -0.1) is 12.4 Å². The largest absolute Gasteiger partial charge is 0.493 e. The van der Waals surface area contributed by atoms with Crippen molar-refractivity contribution in [3.05, 3.63) is 29.3 Å². The van der Waals surface area contributed by atoms with E-state index in [0.717, 1.165) is 38.2 Å². The van der Waals surface area contributed by atoms with E-state index in [1.807, 2.05) is 30.1 Å². The Balaban J connectivity index is 0.00000288. The Labute approximate surface area is 156 Å². The molecule has 0 radical (unpaired) electrons. The number of carbonyl (C=O) groups is 1. The number of amides is 1. The molecule has 1 fully saturated rings. The lowest BCUT2D eigenvalue weighted by Crippen LogP contribution is -2.31. The minimum atomic E-state index is 0. The first-order chi connectivity index (χ1) is 11.1. The molecule has 0 bridgehead atoms. The highest BCUT2D eigenvalue weighted by molar-refractivity contribution is 6.30. The second-order valence-corrected chi connectivity index (χ2v) is 6.64. The van der Waals surface area contributed by atoms with Crippen molar-refractivity contribution in [2.75, 3.05) is 33.3 Å². The quantitative estimate of drug-likeness (QED) is 0.704. The minimum absolute atomic E-state index is 0. The molecular weight excluding hydrogens is 347 g/mol. The van der Waals surface area contributed by atoms with Crippen molar-refractivity contribution >= 4 is 29.9 Å². The predicted molar refractivity (Wildman–Crippen MR) is 101 cm³/mol. The van der Waals surface area contributed by atoms with E-state index in [-0.39, 0.29) is 18.3 Å². The molecule has 0 saturated carbocycles. The summed E-state index contributed by atoms with van der Waals surface area (Å²) in [6.45, 7) is 3.50. The summed E-state index contributed by atoms with van der Waals surface area (Å²) in [7, 11) is 1.88. The van der Waals surface area contributed by atoms with E-state index in [2.05, 4.69) is 5.32 Å². The average molecular weight is 375 g/mol. The Hall–Kier alpha value is -0.970. The Morgan fingerprint density at radius 2 is 2.12 bits per heavy atom. The smallest absolute Gasteiger partial charge is 0.222 e. The highest BCUT2D eigenvalue weighted by atomic mass is 35.5.